The molecule has 0 aromatic heterocycles. The fourth-order valence-corrected chi connectivity index (χ4v) is 10.2. The van der Waals surface area contributed by atoms with Crippen molar-refractivity contribution in [2.75, 3.05) is 13.2 Å². The molecule has 1 saturated heterocycles. The number of aliphatic hydroxyl groups excluding tert-OH is 5. The number of hydrogen-bond donors (Lipinski definition) is 6. The van der Waals surface area contributed by atoms with Crippen LogP contribution >= 0.6 is 0 Å². The monoisotopic (exact) mass is 1070 g/mol. The molecule has 0 bridgehead atoms. The summed E-state index contributed by atoms with van der Waals surface area (Å²) in [5.74, 6) is -0.187. The van der Waals surface area contributed by atoms with Gasteiger partial charge in [0, 0.05) is 6.42 Å². The van der Waals surface area contributed by atoms with E-state index in [1.807, 2.05) is 6.08 Å². The second-order valence-corrected chi connectivity index (χ2v) is 22.5. The first kappa shape index (κ1) is 71.9. The molecule has 1 heterocycles. The van der Waals surface area contributed by atoms with Crippen LogP contribution in [0.1, 0.15) is 303 Å². The zero-order valence-corrected chi connectivity index (χ0v) is 49.5. The van der Waals surface area contributed by atoms with Crippen LogP contribution in [0.3, 0.4) is 0 Å². The molecule has 1 aliphatic heterocycles. The average molecular weight is 1070 g/mol. The van der Waals surface area contributed by atoms with E-state index in [0.29, 0.717) is 6.42 Å². The molecule has 7 unspecified atom stereocenters. The molecule has 444 valence electrons. The van der Waals surface area contributed by atoms with Crippen molar-refractivity contribution in [3.8, 4) is 0 Å². The van der Waals surface area contributed by atoms with Crippen LogP contribution in [0.4, 0.5) is 0 Å². The number of rotatable bonds is 56. The summed E-state index contributed by atoms with van der Waals surface area (Å²) in [6.45, 7) is 3.78. The quantitative estimate of drug-likeness (QED) is 0.0261. The Morgan fingerprint density at radius 3 is 1.18 bits per heavy atom. The topological polar surface area (TPSA) is 149 Å². The minimum Gasteiger partial charge on any atom is -0.394 e. The van der Waals surface area contributed by atoms with Gasteiger partial charge in [-0.2, -0.15) is 0 Å². The van der Waals surface area contributed by atoms with Crippen LogP contribution in [0.2, 0.25) is 0 Å². The Morgan fingerprint density at radius 2 is 0.789 bits per heavy atom. The summed E-state index contributed by atoms with van der Waals surface area (Å²) in [6, 6.07) is -0.830. The number of carbonyl (C=O) groups is 1. The van der Waals surface area contributed by atoms with Crippen molar-refractivity contribution in [1.82, 2.24) is 5.32 Å². The molecule has 1 amide bonds. The molecule has 7 atom stereocenters. The van der Waals surface area contributed by atoms with Gasteiger partial charge in [-0.1, -0.05) is 280 Å². The molecule has 9 heteroatoms. The van der Waals surface area contributed by atoms with Gasteiger partial charge in [-0.3, -0.25) is 4.79 Å². The van der Waals surface area contributed by atoms with Crippen LogP contribution in [0.5, 0.6) is 0 Å². The minimum absolute atomic E-state index is 0.187. The van der Waals surface area contributed by atoms with Crippen LogP contribution in [-0.4, -0.2) is 87.5 Å². The van der Waals surface area contributed by atoms with E-state index in [1.165, 1.54) is 231 Å². The number of hydrogen-bond acceptors (Lipinski definition) is 8. The van der Waals surface area contributed by atoms with Crippen molar-refractivity contribution in [2.45, 2.75) is 346 Å². The molecule has 0 aromatic rings. The number of ether oxygens (including phenoxy) is 2. The van der Waals surface area contributed by atoms with E-state index in [4.69, 9.17) is 9.47 Å². The van der Waals surface area contributed by atoms with Crippen molar-refractivity contribution in [3.05, 3.63) is 60.8 Å². The molecule has 0 aliphatic carbocycles. The van der Waals surface area contributed by atoms with Crippen molar-refractivity contribution in [1.29, 1.82) is 0 Å². The van der Waals surface area contributed by atoms with Gasteiger partial charge in [0.15, 0.2) is 6.29 Å². The molecule has 0 radical (unpaired) electrons. The highest BCUT2D eigenvalue weighted by molar-refractivity contribution is 5.76. The summed E-state index contributed by atoms with van der Waals surface area (Å²) in [7, 11) is 0. The predicted octanol–water partition coefficient (Wildman–Crippen LogP) is 17.0. The van der Waals surface area contributed by atoms with Gasteiger partial charge in [-0.15, -0.1) is 0 Å². The Hall–Kier alpha value is -2.11. The van der Waals surface area contributed by atoms with E-state index < -0.39 is 49.5 Å². The highest BCUT2D eigenvalue weighted by atomic mass is 16.7. The maximum atomic E-state index is 13.1. The zero-order valence-electron chi connectivity index (χ0n) is 49.5. The maximum absolute atomic E-state index is 13.1. The summed E-state index contributed by atoms with van der Waals surface area (Å²) >= 11 is 0. The first-order valence-electron chi connectivity index (χ1n) is 32.5. The summed E-state index contributed by atoms with van der Waals surface area (Å²) in [4.78, 5) is 13.1. The lowest BCUT2D eigenvalue weighted by molar-refractivity contribution is -0.302. The van der Waals surface area contributed by atoms with Crippen molar-refractivity contribution in [2.24, 2.45) is 0 Å². The Morgan fingerprint density at radius 1 is 0.447 bits per heavy atom. The third-order valence-corrected chi connectivity index (χ3v) is 15.3. The van der Waals surface area contributed by atoms with Crippen LogP contribution in [-0.2, 0) is 14.3 Å². The summed E-state index contributed by atoms with van der Waals surface area (Å²) in [5, 5.41) is 54.6. The van der Waals surface area contributed by atoms with Crippen LogP contribution < -0.4 is 5.32 Å². The SMILES string of the molecule is CCCCCCC/C=C\C/C=C\CCCCCCCCCCCCCCCCCCCCCC(=O)NC(COC1OC(CO)C(O)C(O)C1O)C(O)/C=C/CC/C=C/CC/C=C/CCCCCCCCCCCCCC. The van der Waals surface area contributed by atoms with Gasteiger partial charge in [0.1, 0.15) is 24.4 Å². The standard InChI is InChI=1S/C67H123NO8/c1-3-5-7-9-11-13-15-17-19-21-23-25-27-28-29-30-31-32-33-34-35-37-39-41-43-45-47-49-51-53-55-57-63(71)68-60(59-75-67-66(74)65(73)64(72)62(58-69)76-67)61(70)56-54-52-50-48-46-44-42-40-38-36-26-24-22-20-18-16-14-12-10-8-6-4-2/h15,17,21,23,38,40,46,48,54,56,60-62,64-67,69-70,72-74H,3-14,16,18-20,22,24-37,39,41-45,47,49-53,55,57-59H2,1-2H3,(H,68,71)/b17-15-,23-21-,40-38+,48-46+,56-54+. The smallest absolute Gasteiger partial charge is 0.220 e. The van der Waals surface area contributed by atoms with E-state index in [1.54, 1.807) is 6.08 Å². The lowest BCUT2D eigenvalue weighted by Crippen LogP contribution is -2.60. The molecule has 6 N–H and O–H groups in total. The third kappa shape index (κ3) is 44.7. The summed E-state index contributed by atoms with van der Waals surface area (Å²) in [6.07, 6.45) is 70.3. The molecule has 1 fully saturated rings. The predicted molar refractivity (Wildman–Crippen MR) is 322 cm³/mol. The maximum Gasteiger partial charge on any atom is 0.220 e. The molecule has 0 aromatic carbocycles. The minimum atomic E-state index is -1.58. The first-order chi connectivity index (χ1) is 37.3. The Bertz CT molecular complexity index is 1380. The van der Waals surface area contributed by atoms with Crippen LogP contribution in [0.25, 0.3) is 0 Å². The van der Waals surface area contributed by atoms with Crippen molar-refractivity contribution >= 4 is 5.91 Å². The highest BCUT2D eigenvalue weighted by Gasteiger charge is 2.44. The Kier molecular flexibility index (Phi) is 53.1. The lowest BCUT2D eigenvalue weighted by atomic mass is 9.99. The normalized spacial score (nSPS) is 19.2. The molecular formula is C67H123NO8. The number of nitrogens with one attached hydrogen (secondary N) is 1. The van der Waals surface area contributed by atoms with Crippen LogP contribution in [0.15, 0.2) is 60.8 Å². The van der Waals surface area contributed by atoms with Crippen molar-refractivity contribution in [3.63, 3.8) is 0 Å². The molecule has 0 saturated carbocycles. The number of carbonyl (C=O) groups excluding carboxylic acids is 1. The van der Waals surface area contributed by atoms with E-state index >= 15 is 0 Å². The fraction of sp³-hybridized carbons (Fsp3) is 0.836. The van der Waals surface area contributed by atoms with Gasteiger partial charge in [0.25, 0.3) is 0 Å². The summed E-state index contributed by atoms with van der Waals surface area (Å²) in [5.41, 5.74) is 0. The number of amides is 1. The molecule has 1 aliphatic rings. The average Bonchev–Trinajstić information content (AvgIpc) is 3.42. The highest BCUT2D eigenvalue weighted by Crippen LogP contribution is 2.23. The summed E-state index contributed by atoms with van der Waals surface area (Å²) < 4.78 is 11.3. The van der Waals surface area contributed by atoms with E-state index in [-0.39, 0.29) is 12.5 Å². The number of allylic oxidation sites excluding steroid dienone is 9. The second kappa shape index (κ2) is 56.2. The third-order valence-electron chi connectivity index (χ3n) is 15.3. The molecule has 9 nitrogen and oxygen atoms in total. The molecule has 76 heavy (non-hydrogen) atoms. The Labute approximate surface area is 468 Å². The van der Waals surface area contributed by atoms with Crippen LogP contribution in [0, 0.1) is 0 Å². The number of aliphatic hydroxyl groups is 5. The largest absolute Gasteiger partial charge is 0.394 e. The molecule has 1 rings (SSSR count). The van der Waals surface area contributed by atoms with Crippen molar-refractivity contribution < 1.29 is 39.8 Å². The van der Waals surface area contributed by atoms with Gasteiger partial charge < -0.3 is 40.3 Å². The van der Waals surface area contributed by atoms with Gasteiger partial charge in [0.2, 0.25) is 5.91 Å². The van der Waals surface area contributed by atoms with Gasteiger partial charge >= 0.3 is 0 Å². The van der Waals surface area contributed by atoms with E-state index in [0.717, 1.165) is 51.4 Å². The van der Waals surface area contributed by atoms with E-state index in [9.17, 15) is 30.3 Å². The first-order valence-corrected chi connectivity index (χ1v) is 32.5. The van der Waals surface area contributed by atoms with Gasteiger partial charge in [0.05, 0.1) is 25.4 Å². The number of unbranched alkanes of at least 4 members (excludes halogenated alkanes) is 38. The molecule has 0 spiro atoms. The Balaban J connectivity index is 2.17. The van der Waals surface area contributed by atoms with Gasteiger partial charge in [-0.25, -0.2) is 0 Å². The second-order valence-electron chi connectivity index (χ2n) is 22.5. The zero-order chi connectivity index (χ0) is 55.0. The molecular weight excluding hydrogens is 947 g/mol. The lowest BCUT2D eigenvalue weighted by Gasteiger charge is -2.40. The fourth-order valence-electron chi connectivity index (χ4n) is 10.2. The van der Waals surface area contributed by atoms with E-state index in [2.05, 4.69) is 67.8 Å². The van der Waals surface area contributed by atoms with Gasteiger partial charge in [-0.05, 0) is 77.0 Å².